The van der Waals surface area contributed by atoms with E-state index < -0.39 is 17.3 Å². The highest BCUT2D eigenvalue weighted by Crippen LogP contribution is 2.18. The van der Waals surface area contributed by atoms with E-state index in [2.05, 4.69) is 17.4 Å². The lowest BCUT2D eigenvalue weighted by atomic mass is 10.1. The second-order valence-electron chi connectivity index (χ2n) is 6.94. The van der Waals surface area contributed by atoms with Crippen molar-refractivity contribution in [1.29, 1.82) is 5.26 Å². The first-order chi connectivity index (χ1) is 13.4. The lowest BCUT2D eigenvalue weighted by Gasteiger charge is -2.19. The van der Waals surface area contributed by atoms with Crippen LogP contribution in [0.4, 0.5) is 5.82 Å². The SMILES string of the molecule is Cn1c(NC2CCN(CCCc3ccccc3)C2=O)c(C#N)c(=O)n(C)c1=O. The Morgan fingerprint density at radius 3 is 2.54 bits per heavy atom. The molecule has 1 saturated heterocycles. The molecule has 1 N–H and O–H groups in total. The van der Waals surface area contributed by atoms with Crippen LogP contribution in [0.25, 0.3) is 0 Å². The second kappa shape index (κ2) is 8.13. The molecular formula is C20H23N5O3. The Morgan fingerprint density at radius 2 is 1.86 bits per heavy atom. The summed E-state index contributed by atoms with van der Waals surface area (Å²) in [6.45, 7) is 1.25. The standard InChI is InChI=1S/C20H23N5O3/c1-23-17(15(13-21)18(26)24(2)20(23)28)22-16-10-12-25(19(16)27)11-6-9-14-7-4-3-5-8-14/h3-5,7-8,16,22H,6,9-12H2,1-2H3. The fourth-order valence-corrected chi connectivity index (χ4v) is 3.49. The molecule has 0 saturated carbocycles. The van der Waals surface area contributed by atoms with E-state index in [9.17, 15) is 19.6 Å². The molecule has 0 bridgehead atoms. The zero-order chi connectivity index (χ0) is 20.3. The largest absolute Gasteiger partial charge is 0.358 e. The number of carbonyl (C=O) groups excluding carboxylic acids is 1. The van der Waals surface area contributed by atoms with Gasteiger partial charge >= 0.3 is 5.69 Å². The fourth-order valence-electron chi connectivity index (χ4n) is 3.49. The van der Waals surface area contributed by atoms with Gasteiger partial charge in [-0.2, -0.15) is 5.26 Å². The van der Waals surface area contributed by atoms with Gasteiger partial charge in [-0.3, -0.25) is 18.7 Å². The number of anilines is 1. The minimum atomic E-state index is -0.668. The summed E-state index contributed by atoms with van der Waals surface area (Å²) >= 11 is 0. The minimum absolute atomic E-state index is 0.0786. The van der Waals surface area contributed by atoms with Crippen molar-refractivity contribution in [2.24, 2.45) is 14.1 Å². The average molecular weight is 381 g/mol. The summed E-state index contributed by atoms with van der Waals surface area (Å²) in [6, 6.07) is 11.4. The number of amides is 1. The Morgan fingerprint density at radius 1 is 1.14 bits per heavy atom. The highest BCUT2D eigenvalue weighted by molar-refractivity contribution is 5.86. The van der Waals surface area contributed by atoms with Gasteiger partial charge in [-0.05, 0) is 24.8 Å². The number of aromatic nitrogens is 2. The van der Waals surface area contributed by atoms with Crippen LogP contribution in [0.1, 0.15) is 24.0 Å². The van der Waals surface area contributed by atoms with Gasteiger partial charge in [-0.15, -0.1) is 0 Å². The molecule has 1 aliphatic heterocycles. The van der Waals surface area contributed by atoms with Crippen LogP contribution in [0.3, 0.4) is 0 Å². The first-order valence-corrected chi connectivity index (χ1v) is 9.23. The Balaban J connectivity index is 1.69. The quantitative estimate of drug-likeness (QED) is 0.790. The van der Waals surface area contributed by atoms with E-state index in [1.807, 2.05) is 24.3 Å². The van der Waals surface area contributed by atoms with Crippen LogP contribution in [-0.2, 0) is 25.3 Å². The van der Waals surface area contributed by atoms with E-state index in [-0.39, 0.29) is 17.3 Å². The van der Waals surface area contributed by atoms with Crippen molar-refractivity contribution in [3.8, 4) is 6.07 Å². The number of aryl methyl sites for hydroxylation is 1. The molecule has 1 aromatic carbocycles. The maximum absolute atomic E-state index is 12.7. The number of carbonyl (C=O) groups is 1. The molecule has 1 aromatic heterocycles. The van der Waals surface area contributed by atoms with E-state index in [0.29, 0.717) is 19.5 Å². The van der Waals surface area contributed by atoms with Crippen LogP contribution < -0.4 is 16.6 Å². The molecule has 2 heterocycles. The monoisotopic (exact) mass is 381 g/mol. The van der Waals surface area contributed by atoms with Crippen LogP contribution >= 0.6 is 0 Å². The van der Waals surface area contributed by atoms with Gasteiger partial charge in [-0.25, -0.2) is 4.79 Å². The molecule has 1 fully saturated rings. The van der Waals surface area contributed by atoms with Gasteiger partial charge in [0.1, 0.15) is 17.9 Å². The third-order valence-electron chi connectivity index (χ3n) is 5.12. The molecule has 3 rings (SSSR count). The van der Waals surface area contributed by atoms with Crippen molar-refractivity contribution in [1.82, 2.24) is 14.0 Å². The zero-order valence-corrected chi connectivity index (χ0v) is 16.0. The molecule has 0 radical (unpaired) electrons. The number of rotatable bonds is 6. The molecule has 1 aliphatic rings. The van der Waals surface area contributed by atoms with Crippen molar-refractivity contribution < 1.29 is 4.79 Å². The second-order valence-corrected chi connectivity index (χ2v) is 6.94. The van der Waals surface area contributed by atoms with Gasteiger partial charge < -0.3 is 10.2 Å². The highest BCUT2D eigenvalue weighted by atomic mass is 16.2. The zero-order valence-electron chi connectivity index (χ0n) is 16.0. The highest BCUT2D eigenvalue weighted by Gasteiger charge is 2.32. The molecular weight excluding hydrogens is 358 g/mol. The Hall–Kier alpha value is -3.34. The summed E-state index contributed by atoms with van der Waals surface area (Å²) < 4.78 is 2.08. The summed E-state index contributed by atoms with van der Waals surface area (Å²) in [5.74, 6) is 0.0187. The van der Waals surface area contributed by atoms with E-state index >= 15 is 0 Å². The fraction of sp³-hybridized carbons (Fsp3) is 0.400. The van der Waals surface area contributed by atoms with Crippen LogP contribution in [0.2, 0.25) is 0 Å². The van der Waals surface area contributed by atoms with E-state index in [1.165, 1.54) is 24.2 Å². The maximum atomic E-state index is 12.7. The number of nitrogens with one attached hydrogen (secondary N) is 1. The van der Waals surface area contributed by atoms with Crippen LogP contribution in [0.15, 0.2) is 39.9 Å². The topological polar surface area (TPSA) is 100 Å². The first-order valence-electron chi connectivity index (χ1n) is 9.23. The number of likely N-dealkylation sites (tertiary alicyclic amines) is 1. The predicted octanol–water partition coefficient (Wildman–Crippen LogP) is 0.601. The third kappa shape index (κ3) is 3.69. The lowest BCUT2D eigenvalue weighted by molar-refractivity contribution is -0.128. The van der Waals surface area contributed by atoms with Crippen LogP contribution in [0, 0.1) is 11.3 Å². The number of hydrogen-bond acceptors (Lipinski definition) is 5. The Bertz CT molecular complexity index is 1030. The summed E-state index contributed by atoms with van der Waals surface area (Å²) in [6.07, 6.45) is 2.30. The summed E-state index contributed by atoms with van der Waals surface area (Å²) in [4.78, 5) is 38.8. The van der Waals surface area contributed by atoms with Crippen molar-refractivity contribution >= 4 is 11.7 Å². The molecule has 8 nitrogen and oxygen atoms in total. The molecule has 0 spiro atoms. The molecule has 1 unspecified atom stereocenters. The van der Waals surface area contributed by atoms with Crippen molar-refractivity contribution in [2.45, 2.75) is 25.3 Å². The van der Waals surface area contributed by atoms with Crippen molar-refractivity contribution in [3.05, 3.63) is 62.3 Å². The van der Waals surface area contributed by atoms with Gasteiger partial charge in [0, 0.05) is 27.2 Å². The molecule has 1 amide bonds. The van der Waals surface area contributed by atoms with Gasteiger partial charge in [-0.1, -0.05) is 30.3 Å². The van der Waals surface area contributed by atoms with Gasteiger partial charge in [0.25, 0.3) is 5.56 Å². The van der Waals surface area contributed by atoms with Crippen LogP contribution in [-0.4, -0.2) is 39.1 Å². The number of hydrogen-bond donors (Lipinski definition) is 1. The summed E-state index contributed by atoms with van der Waals surface area (Å²) in [7, 11) is 2.80. The number of nitrogens with zero attached hydrogens (tertiary/aromatic N) is 4. The Labute approximate surface area is 162 Å². The minimum Gasteiger partial charge on any atom is -0.358 e. The Kier molecular flexibility index (Phi) is 5.64. The first kappa shape index (κ1) is 19.4. The third-order valence-corrected chi connectivity index (χ3v) is 5.12. The molecule has 146 valence electrons. The van der Waals surface area contributed by atoms with Gasteiger partial charge in [0.15, 0.2) is 5.56 Å². The normalized spacial score (nSPS) is 16.2. The summed E-state index contributed by atoms with van der Waals surface area (Å²) in [5.41, 5.74) is -0.146. The lowest BCUT2D eigenvalue weighted by Crippen LogP contribution is -2.42. The molecule has 0 aliphatic carbocycles. The number of nitriles is 1. The van der Waals surface area contributed by atoms with Gasteiger partial charge in [0.05, 0.1) is 0 Å². The summed E-state index contributed by atoms with van der Waals surface area (Å²) in [5, 5.41) is 12.3. The molecule has 1 atom stereocenters. The predicted molar refractivity (Wildman–Crippen MR) is 105 cm³/mol. The molecule has 2 aromatic rings. The molecule has 28 heavy (non-hydrogen) atoms. The van der Waals surface area contributed by atoms with Crippen molar-refractivity contribution in [3.63, 3.8) is 0 Å². The van der Waals surface area contributed by atoms with Crippen LogP contribution in [0.5, 0.6) is 0 Å². The molecule has 8 heteroatoms. The van der Waals surface area contributed by atoms with E-state index in [1.54, 1.807) is 4.90 Å². The maximum Gasteiger partial charge on any atom is 0.332 e. The van der Waals surface area contributed by atoms with Crippen molar-refractivity contribution in [2.75, 3.05) is 18.4 Å². The number of benzene rings is 1. The van der Waals surface area contributed by atoms with Gasteiger partial charge in [0.2, 0.25) is 5.91 Å². The van der Waals surface area contributed by atoms with E-state index in [0.717, 1.165) is 17.4 Å². The average Bonchev–Trinajstić information content (AvgIpc) is 3.05. The smallest absolute Gasteiger partial charge is 0.332 e. The van der Waals surface area contributed by atoms with E-state index in [4.69, 9.17) is 0 Å².